The second kappa shape index (κ2) is 14.9. The lowest BCUT2D eigenvalue weighted by Crippen LogP contribution is -2.67. The van der Waals surface area contributed by atoms with Crippen molar-refractivity contribution in [2.75, 3.05) is 19.8 Å². The van der Waals surface area contributed by atoms with E-state index in [9.17, 15) is 0 Å². The number of hydrogen-bond acceptors (Lipinski definition) is 4. The third-order valence-electron chi connectivity index (χ3n) is 7.60. The van der Waals surface area contributed by atoms with Gasteiger partial charge < -0.3 is 18.6 Å². The standard InChI is InChI=1S/C35H46O4Si/c1-29(23-25-37-34-22-14-15-24-36-34)26-31(38-27-30-16-8-5-9-17-30)28-39-40(35(2,3)4,32-18-10-6-11-19-32)33-20-12-7-13-21-33/h5-13,16-21,26,31,34H,14-15,22-25,27-28H2,1-4H3/b29-26-. The number of ether oxygens (including phenoxy) is 3. The Hall–Kier alpha value is -2.54. The molecule has 1 saturated heterocycles. The van der Waals surface area contributed by atoms with Crippen LogP contribution < -0.4 is 10.4 Å². The Kier molecular flexibility index (Phi) is 11.3. The topological polar surface area (TPSA) is 36.9 Å². The highest BCUT2D eigenvalue weighted by atomic mass is 28.4. The summed E-state index contributed by atoms with van der Waals surface area (Å²) in [5.74, 6) is 0. The highest BCUT2D eigenvalue weighted by Crippen LogP contribution is 2.37. The zero-order valence-electron chi connectivity index (χ0n) is 24.7. The Morgan fingerprint density at radius 1 is 0.900 bits per heavy atom. The van der Waals surface area contributed by atoms with Crippen molar-refractivity contribution in [2.24, 2.45) is 0 Å². The molecule has 1 aliphatic heterocycles. The molecule has 2 unspecified atom stereocenters. The zero-order chi connectivity index (χ0) is 28.3. The second-order valence-electron chi connectivity index (χ2n) is 11.7. The molecule has 40 heavy (non-hydrogen) atoms. The van der Waals surface area contributed by atoms with Gasteiger partial charge in [-0.1, -0.05) is 123 Å². The van der Waals surface area contributed by atoms with Crippen LogP contribution in [0.25, 0.3) is 0 Å². The quantitative estimate of drug-likeness (QED) is 0.167. The Morgan fingerprint density at radius 2 is 1.50 bits per heavy atom. The maximum atomic E-state index is 7.24. The summed E-state index contributed by atoms with van der Waals surface area (Å²) < 4.78 is 25.5. The molecule has 4 rings (SSSR count). The molecule has 3 aromatic carbocycles. The van der Waals surface area contributed by atoms with E-state index in [4.69, 9.17) is 18.6 Å². The smallest absolute Gasteiger partial charge is 0.261 e. The second-order valence-corrected chi connectivity index (χ2v) is 16.0. The summed E-state index contributed by atoms with van der Waals surface area (Å²) in [6.07, 6.45) is 6.10. The van der Waals surface area contributed by atoms with Gasteiger partial charge in [0.15, 0.2) is 6.29 Å². The third-order valence-corrected chi connectivity index (χ3v) is 12.6. The average Bonchev–Trinajstić information content (AvgIpc) is 2.97. The molecule has 0 N–H and O–H groups in total. The molecule has 0 bridgehead atoms. The summed E-state index contributed by atoms with van der Waals surface area (Å²) in [7, 11) is -2.67. The molecule has 214 valence electrons. The van der Waals surface area contributed by atoms with Gasteiger partial charge in [0.05, 0.1) is 25.9 Å². The van der Waals surface area contributed by atoms with Crippen molar-refractivity contribution < 1.29 is 18.6 Å². The van der Waals surface area contributed by atoms with Crippen LogP contribution in [0, 0.1) is 0 Å². The van der Waals surface area contributed by atoms with Crippen LogP contribution in [0.3, 0.4) is 0 Å². The Balaban J connectivity index is 1.56. The maximum Gasteiger partial charge on any atom is 0.261 e. The molecular weight excluding hydrogens is 512 g/mol. The van der Waals surface area contributed by atoms with Crippen molar-refractivity contribution in [1.82, 2.24) is 0 Å². The molecule has 2 atom stereocenters. The lowest BCUT2D eigenvalue weighted by Gasteiger charge is -2.43. The van der Waals surface area contributed by atoms with Crippen LogP contribution in [0.5, 0.6) is 0 Å². The van der Waals surface area contributed by atoms with Gasteiger partial charge in [0.25, 0.3) is 8.32 Å². The minimum atomic E-state index is -2.67. The van der Waals surface area contributed by atoms with E-state index >= 15 is 0 Å². The monoisotopic (exact) mass is 558 g/mol. The summed E-state index contributed by atoms with van der Waals surface area (Å²) >= 11 is 0. The van der Waals surface area contributed by atoms with Crippen molar-refractivity contribution in [3.8, 4) is 0 Å². The van der Waals surface area contributed by atoms with Crippen LogP contribution in [0.1, 0.15) is 58.9 Å². The van der Waals surface area contributed by atoms with Crippen molar-refractivity contribution in [3.05, 3.63) is 108 Å². The van der Waals surface area contributed by atoms with Crippen LogP contribution >= 0.6 is 0 Å². The zero-order valence-corrected chi connectivity index (χ0v) is 25.7. The van der Waals surface area contributed by atoms with E-state index in [-0.39, 0.29) is 17.4 Å². The summed E-state index contributed by atoms with van der Waals surface area (Å²) in [5, 5.41) is 2.46. The first-order chi connectivity index (χ1) is 19.4. The molecule has 0 aromatic heterocycles. The largest absolute Gasteiger partial charge is 0.404 e. The van der Waals surface area contributed by atoms with Crippen molar-refractivity contribution in [3.63, 3.8) is 0 Å². The summed E-state index contributed by atoms with van der Waals surface area (Å²) in [4.78, 5) is 0. The number of rotatable bonds is 13. The fourth-order valence-electron chi connectivity index (χ4n) is 5.49. The van der Waals surface area contributed by atoms with E-state index in [1.165, 1.54) is 22.4 Å². The van der Waals surface area contributed by atoms with Crippen LogP contribution in [0.2, 0.25) is 5.04 Å². The normalized spacial score (nSPS) is 17.5. The van der Waals surface area contributed by atoms with Gasteiger partial charge in [-0.05, 0) is 53.6 Å². The van der Waals surface area contributed by atoms with Crippen molar-refractivity contribution >= 4 is 18.7 Å². The molecule has 1 fully saturated rings. The van der Waals surface area contributed by atoms with Gasteiger partial charge in [0.2, 0.25) is 0 Å². The van der Waals surface area contributed by atoms with E-state index in [1.807, 2.05) is 6.07 Å². The molecular formula is C35H46O4Si. The van der Waals surface area contributed by atoms with Gasteiger partial charge in [-0.3, -0.25) is 0 Å². The molecule has 1 aliphatic rings. The van der Waals surface area contributed by atoms with Crippen LogP contribution in [-0.4, -0.2) is 40.5 Å². The maximum absolute atomic E-state index is 7.24. The molecule has 0 amide bonds. The lowest BCUT2D eigenvalue weighted by atomic mass is 10.1. The van der Waals surface area contributed by atoms with Gasteiger partial charge in [-0.15, -0.1) is 0 Å². The van der Waals surface area contributed by atoms with Gasteiger partial charge >= 0.3 is 0 Å². The van der Waals surface area contributed by atoms with Crippen molar-refractivity contribution in [1.29, 1.82) is 0 Å². The summed E-state index contributed by atoms with van der Waals surface area (Å²) in [6, 6.07) is 31.9. The minimum Gasteiger partial charge on any atom is -0.404 e. The first-order valence-corrected chi connectivity index (χ1v) is 16.6. The molecule has 0 aliphatic carbocycles. The molecule has 3 aromatic rings. The molecule has 1 heterocycles. The lowest BCUT2D eigenvalue weighted by molar-refractivity contribution is -0.161. The summed E-state index contributed by atoms with van der Waals surface area (Å²) in [6.45, 7) is 11.5. The van der Waals surface area contributed by atoms with E-state index < -0.39 is 8.32 Å². The fraction of sp³-hybridized carbons (Fsp3) is 0.429. The highest BCUT2D eigenvalue weighted by molar-refractivity contribution is 6.99. The average molecular weight is 559 g/mol. The molecule has 5 heteroatoms. The summed E-state index contributed by atoms with van der Waals surface area (Å²) in [5.41, 5.74) is 2.39. The Morgan fingerprint density at radius 3 is 2.05 bits per heavy atom. The van der Waals surface area contributed by atoms with E-state index in [0.29, 0.717) is 19.8 Å². The van der Waals surface area contributed by atoms with E-state index in [0.717, 1.165) is 31.4 Å². The van der Waals surface area contributed by atoms with Crippen molar-refractivity contribution in [2.45, 2.75) is 77.4 Å². The van der Waals surface area contributed by atoms with Gasteiger partial charge in [-0.25, -0.2) is 0 Å². The number of hydrogen-bond donors (Lipinski definition) is 0. The first-order valence-electron chi connectivity index (χ1n) is 14.7. The first kappa shape index (κ1) is 30.4. The molecule has 0 radical (unpaired) electrons. The Labute approximate surface area is 242 Å². The highest BCUT2D eigenvalue weighted by Gasteiger charge is 2.50. The third kappa shape index (κ3) is 8.24. The van der Waals surface area contributed by atoms with E-state index in [2.05, 4.69) is 119 Å². The van der Waals surface area contributed by atoms with Crippen LogP contribution in [0.4, 0.5) is 0 Å². The number of benzene rings is 3. The SMILES string of the molecule is C/C(=C/C(CO[Si](c1ccccc1)(c1ccccc1)C(C)(C)C)OCc1ccccc1)CCOC1CCCCO1. The molecule has 0 saturated carbocycles. The predicted octanol–water partition coefficient (Wildman–Crippen LogP) is 7.03. The molecule has 0 spiro atoms. The van der Waals surface area contributed by atoms with Gasteiger partial charge in [0.1, 0.15) is 0 Å². The van der Waals surface area contributed by atoms with Crippen LogP contribution in [-0.2, 0) is 25.2 Å². The van der Waals surface area contributed by atoms with Gasteiger partial charge in [0, 0.05) is 6.61 Å². The fourth-order valence-corrected chi connectivity index (χ4v) is 10.1. The Bertz CT molecular complexity index is 1110. The van der Waals surface area contributed by atoms with Crippen LogP contribution in [0.15, 0.2) is 103 Å². The minimum absolute atomic E-state index is 0.0647. The van der Waals surface area contributed by atoms with E-state index in [1.54, 1.807) is 0 Å². The molecule has 4 nitrogen and oxygen atoms in total. The van der Waals surface area contributed by atoms with Gasteiger partial charge in [-0.2, -0.15) is 0 Å². The predicted molar refractivity (Wildman–Crippen MR) is 167 cm³/mol.